The molecule has 3 aromatic carbocycles. The number of rotatable bonds is 7. The monoisotopic (exact) mass is 439 g/mol. The highest BCUT2D eigenvalue weighted by Gasteiger charge is 2.34. The Labute approximate surface area is 194 Å². The van der Waals surface area contributed by atoms with Gasteiger partial charge in [0.05, 0.1) is 17.6 Å². The molecule has 4 aromatic rings. The van der Waals surface area contributed by atoms with Crippen molar-refractivity contribution in [2.45, 2.75) is 39.2 Å². The molecule has 1 atom stereocenters. The summed E-state index contributed by atoms with van der Waals surface area (Å²) in [6.45, 7) is 6.07. The smallest absolute Gasteiger partial charge is 0.227 e. The molecule has 0 spiro atoms. The van der Waals surface area contributed by atoms with Crippen molar-refractivity contribution in [1.29, 1.82) is 0 Å². The number of nitrogens with zero attached hydrogens (tertiary/aromatic N) is 3. The van der Waals surface area contributed by atoms with Gasteiger partial charge in [0.1, 0.15) is 18.2 Å². The van der Waals surface area contributed by atoms with Crippen molar-refractivity contribution in [3.05, 3.63) is 89.7 Å². The predicted molar refractivity (Wildman–Crippen MR) is 132 cm³/mol. The van der Waals surface area contributed by atoms with Crippen LogP contribution >= 0.6 is 0 Å². The summed E-state index contributed by atoms with van der Waals surface area (Å²) in [5.74, 6) is 2.04. The number of benzene rings is 3. The molecule has 168 valence electrons. The van der Waals surface area contributed by atoms with Gasteiger partial charge in [0.15, 0.2) is 0 Å². The van der Waals surface area contributed by atoms with E-state index < -0.39 is 0 Å². The second-order valence-corrected chi connectivity index (χ2v) is 8.70. The van der Waals surface area contributed by atoms with E-state index in [0.717, 1.165) is 34.7 Å². The van der Waals surface area contributed by atoms with E-state index in [9.17, 15) is 4.79 Å². The number of para-hydroxylation sites is 2. The van der Waals surface area contributed by atoms with Gasteiger partial charge >= 0.3 is 0 Å². The second kappa shape index (κ2) is 9.10. The zero-order valence-electron chi connectivity index (χ0n) is 19.2. The number of ether oxygens (including phenoxy) is 1. The van der Waals surface area contributed by atoms with E-state index >= 15 is 0 Å². The molecule has 0 saturated carbocycles. The Hall–Kier alpha value is -3.60. The fourth-order valence-electron chi connectivity index (χ4n) is 4.57. The lowest BCUT2D eigenvalue weighted by Gasteiger charge is -2.18. The van der Waals surface area contributed by atoms with Crippen molar-refractivity contribution in [2.75, 3.05) is 18.1 Å². The normalized spacial score (nSPS) is 16.0. The molecule has 0 aliphatic carbocycles. The van der Waals surface area contributed by atoms with Crippen LogP contribution in [0, 0.1) is 6.92 Å². The van der Waals surface area contributed by atoms with Crippen LogP contribution in [0.4, 0.5) is 5.69 Å². The minimum absolute atomic E-state index is 0.0510. The van der Waals surface area contributed by atoms with Gasteiger partial charge in [0.25, 0.3) is 0 Å². The van der Waals surface area contributed by atoms with Crippen LogP contribution in [0.15, 0.2) is 72.8 Å². The Balaban J connectivity index is 1.37. The summed E-state index contributed by atoms with van der Waals surface area (Å²) < 4.78 is 8.27. The SMILES string of the molecule is CCc1ccc(OCCn2c([C@H]3CC(=O)N(c4ccc(C)cc4)C3)nc3ccccc32)cc1. The number of fused-ring (bicyclic) bond motifs is 1. The summed E-state index contributed by atoms with van der Waals surface area (Å²) in [5.41, 5.74) is 5.48. The first-order valence-corrected chi connectivity index (χ1v) is 11.7. The number of carbonyl (C=O) groups excluding carboxylic acids is 1. The van der Waals surface area contributed by atoms with Crippen LogP contribution in [-0.2, 0) is 17.8 Å². The Morgan fingerprint density at radius 1 is 1.00 bits per heavy atom. The standard InChI is InChI=1S/C28H29N3O2/c1-3-21-10-14-24(15-11-21)33-17-16-30-26-7-5-4-6-25(26)29-28(30)22-18-27(32)31(19-22)23-12-8-20(2)9-13-23/h4-15,22H,3,16-19H2,1-2H3/t22-/m0/s1. The van der Waals surface area contributed by atoms with Crippen LogP contribution in [0.2, 0.25) is 0 Å². The maximum Gasteiger partial charge on any atom is 0.227 e. The number of amides is 1. The molecule has 1 aromatic heterocycles. The lowest BCUT2D eigenvalue weighted by molar-refractivity contribution is -0.117. The van der Waals surface area contributed by atoms with Crippen LogP contribution in [0.25, 0.3) is 11.0 Å². The first-order valence-electron chi connectivity index (χ1n) is 11.7. The zero-order valence-corrected chi connectivity index (χ0v) is 19.2. The molecule has 1 aliphatic rings. The molecule has 5 heteroatoms. The lowest BCUT2D eigenvalue weighted by Crippen LogP contribution is -2.24. The molecule has 1 saturated heterocycles. The topological polar surface area (TPSA) is 47.4 Å². The first kappa shape index (κ1) is 21.3. The highest BCUT2D eigenvalue weighted by molar-refractivity contribution is 5.96. The second-order valence-electron chi connectivity index (χ2n) is 8.70. The van der Waals surface area contributed by atoms with Gasteiger partial charge in [-0.1, -0.05) is 48.9 Å². The molecule has 0 unspecified atom stereocenters. The summed E-state index contributed by atoms with van der Waals surface area (Å²) in [6, 6.07) is 24.6. The van der Waals surface area contributed by atoms with Crippen LogP contribution < -0.4 is 9.64 Å². The third kappa shape index (κ3) is 4.36. The van der Waals surface area contributed by atoms with Crippen LogP contribution in [-0.4, -0.2) is 28.6 Å². The van der Waals surface area contributed by atoms with E-state index in [-0.39, 0.29) is 11.8 Å². The quantitative estimate of drug-likeness (QED) is 0.382. The maximum absolute atomic E-state index is 12.9. The predicted octanol–water partition coefficient (Wildman–Crippen LogP) is 5.51. The highest BCUT2D eigenvalue weighted by Crippen LogP contribution is 2.33. The van der Waals surface area contributed by atoms with Crippen LogP contribution in [0.5, 0.6) is 5.75 Å². The van der Waals surface area contributed by atoms with Gasteiger partial charge in [-0.05, 0) is 55.3 Å². The number of hydrogen-bond donors (Lipinski definition) is 0. The molecule has 0 radical (unpaired) electrons. The number of aryl methyl sites for hydroxylation is 2. The van der Waals surface area contributed by atoms with E-state index in [1.165, 1.54) is 11.1 Å². The van der Waals surface area contributed by atoms with Crippen molar-refractivity contribution >= 4 is 22.6 Å². The average Bonchev–Trinajstić information content (AvgIpc) is 3.41. The molecule has 33 heavy (non-hydrogen) atoms. The molecule has 1 fully saturated rings. The zero-order chi connectivity index (χ0) is 22.8. The molecule has 0 N–H and O–H groups in total. The molecular formula is C28H29N3O2. The molecule has 0 bridgehead atoms. The van der Waals surface area contributed by atoms with Crippen LogP contribution in [0.3, 0.4) is 0 Å². The van der Waals surface area contributed by atoms with Crippen molar-refractivity contribution in [3.63, 3.8) is 0 Å². The summed E-state index contributed by atoms with van der Waals surface area (Å²) in [6.07, 6.45) is 1.49. The Morgan fingerprint density at radius 2 is 1.76 bits per heavy atom. The van der Waals surface area contributed by atoms with Gasteiger partial charge in [-0.2, -0.15) is 0 Å². The first-order chi connectivity index (χ1) is 16.1. The molecule has 1 aliphatic heterocycles. The van der Waals surface area contributed by atoms with Crippen molar-refractivity contribution in [3.8, 4) is 5.75 Å². The summed E-state index contributed by atoms with van der Waals surface area (Å²) >= 11 is 0. The number of carbonyl (C=O) groups is 1. The summed E-state index contributed by atoms with van der Waals surface area (Å²) in [7, 11) is 0. The van der Waals surface area contributed by atoms with Crippen molar-refractivity contribution in [2.24, 2.45) is 0 Å². The molecule has 5 nitrogen and oxygen atoms in total. The minimum Gasteiger partial charge on any atom is -0.492 e. The lowest BCUT2D eigenvalue weighted by atomic mass is 10.1. The van der Waals surface area contributed by atoms with Gasteiger partial charge < -0.3 is 14.2 Å². The fraction of sp³-hybridized carbons (Fsp3) is 0.286. The minimum atomic E-state index is 0.0510. The van der Waals surface area contributed by atoms with Gasteiger partial charge in [-0.15, -0.1) is 0 Å². The van der Waals surface area contributed by atoms with E-state index in [4.69, 9.17) is 9.72 Å². The molecule has 2 heterocycles. The number of imidazole rings is 1. The van der Waals surface area contributed by atoms with E-state index in [1.54, 1.807) is 0 Å². The number of anilines is 1. The van der Waals surface area contributed by atoms with E-state index in [2.05, 4.69) is 48.7 Å². The fourth-order valence-corrected chi connectivity index (χ4v) is 4.57. The van der Waals surface area contributed by atoms with E-state index in [1.807, 2.05) is 47.4 Å². The average molecular weight is 440 g/mol. The Morgan fingerprint density at radius 3 is 2.52 bits per heavy atom. The van der Waals surface area contributed by atoms with Gasteiger partial charge in [0.2, 0.25) is 5.91 Å². The largest absolute Gasteiger partial charge is 0.492 e. The van der Waals surface area contributed by atoms with Crippen LogP contribution in [0.1, 0.15) is 36.2 Å². The molecular weight excluding hydrogens is 410 g/mol. The van der Waals surface area contributed by atoms with Gasteiger partial charge in [-0.25, -0.2) is 4.98 Å². The highest BCUT2D eigenvalue weighted by atomic mass is 16.5. The molecule has 5 rings (SSSR count). The Kier molecular flexibility index (Phi) is 5.86. The van der Waals surface area contributed by atoms with Crippen molar-refractivity contribution < 1.29 is 9.53 Å². The maximum atomic E-state index is 12.9. The third-order valence-electron chi connectivity index (χ3n) is 6.44. The molecule has 1 amide bonds. The van der Waals surface area contributed by atoms with Gasteiger partial charge in [-0.3, -0.25) is 4.79 Å². The summed E-state index contributed by atoms with van der Waals surface area (Å²) in [4.78, 5) is 19.7. The van der Waals surface area contributed by atoms with Crippen molar-refractivity contribution in [1.82, 2.24) is 9.55 Å². The van der Waals surface area contributed by atoms with E-state index in [0.29, 0.717) is 26.1 Å². The number of hydrogen-bond acceptors (Lipinski definition) is 3. The summed E-state index contributed by atoms with van der Waals surface area (Å²) in [5, 5.41) is 0. The third-order valence-corrected chi connectivity index (χ3v) is 6.44. The van der Waals surface area contributed by atoms with Gasteiger partial charge in [0, 0.05) is 24.6 Å². The Bertz CT molecular complexity index is 1260. The number of aromatic nitrogens is 2.